The first-order valence-electron chi connectivity index (χ1n) is 8.38. The fraction of sp³-hybridized carbons (Fsp3) is 0.400. The fourth-order valence-electron chi connectivity index (χ4n) is 2.26. The Morgan fingerprint density at radius 1 is 1.00 bits per heavy atom. The molecule has 128 valence electrons. The molecule has 2 aromatic rings. The van der Waals surface area contributed by atoms with Crippen LogP contribution < -0.4 is 4.43 Å². The summed E-state index contributed by atoms with van der Waals surface area (Å²) in [5, 5.41) is 3.47. The number of nitroso groups, excluding NO2 is 1. The average Bonchev–Trinajstić information content (AvgIpc) is 2.53. The van der Waals surface area contributed by atoms with Gasteiger partial charge in [0.15, 0.2) is 0 Å². The third-order valence-electron chi connectivity index (χ3n) is 4.84. The molecule has 0 saturated carbocycles. The summed E-state index contributed by atoms with van der Waals surface area (Å²) in [4.78, 5) is 11.3. The van der Waals surface area contributed by atoms with E-state index in [1.54, 1.807) is 0 Å². The zero-order chi connectivity index (χ0) is 17.8. The Kier molecular flexibility index (Phi) is 5.60. The third kappa shape index (κ3) is 4.54. The second-order valence-electron chi connectivity index (χ2n) is 7.74. The number of benzene rings is 2. The van der Waals surface area contributed by atoms with Crippen molar-refractivity contribution < 1.29 is 4.43 Å². The molecule has 24 heavy (non-hydrogen) atoms. The minimum absolute atomic E-state index is 0.159. The highest BCUT2D eigenvalue weighted by atomic mass is 28.4. The Labute approximate surface area is 146 Å². The molecule has 0 spiro atoms. The Hall–Kier alpha value is -1.94. The fourth-order valence-corrected chi connectivity index (χ4v) is 3.29. The molecule has 4 heteroatoms. The van der Waals surface area contributed by atoms with Crippen molar-refractivity contribution in [2.45, 2.75) is 51.4 Å². The summed E-state index contributed by atoms with van der Waals surface area (Å²) in [6.07, 6.45) is 0.618. The summed E-state index contributed by atoms with van der Waals surface area (Å²) in [7, 11) is -1.84. The smallest absolute Gasteiger partial charge is 0.250 e. The summed E-state index contributed by atoms with van der Waals surface area (Å²) in [6, 6.07) is 17.4. The molecule has 0 N–H and O–H groups in total. The van der Waals surface area contributed by atoms with Gasteiger partial charge in [0, 0.05) is 6.42 Å². The van der Waals surface area contributed by atoms with Gasteiger partial charge in [0.25, 0.3) is 0 Å². The maximum atomic E-state index is 11.3. The summed E-state index contributed by atoms with van der Waals surface area (Å²) in [5.74, 6) is 0.870. The second-order valence-corrected chi connectivity index (χ2v) is 12.5. The lowest BCUT2D eigenvalue weighted by Crippen LogP contribution is -2.43. The van der Waals surface area contributed by atoms with Crippen LogP contribution in [0.1, 0.15) is 37.9 Å². The molecular weight excluding hydrogens is 314 g/mol. The van der Waals surface area contributed by atoms with E-state index in [0.29, 0.717) is 6.42 Å². The summed E-state index contributed by atoms with van der Waals surface area (Å²) < 4.78 is 6.28. The SMILES string of the molecule is CC(C)(C)[Si](C)(C)Oc1ccc(C(Cc2ccccc2)N=O)cc1. The summed E-state index contributed by atoms with van der Waals surface area (Å²) in [6.45, 7) is 11.1. The molecule has 2 rings (SSSR count). The average molecular weight is 342 g/mol. The van der Waals surface area contributed by atoms with Crippen LogP contribution in [-0.2, 0) is 6.42 Å². The molecule has 1 atom stereocenters. The monoisotopic (exact) mass is 341 g/mol. The number of nitrogens with zero attached hydrogens (tertiary/aromatic N) is 1. The zero-order valence-corrected chi connectivity index (χ0v) is 16.2. The van der Waals surface area contributed by atoms with E-state index in [0.717, 1.165) is 16.9 Å². The van der Waals surface area contributed by atoms with Gasteiger partial charge in [0.1, 0.15) is 11.8 Å². The van der Waals surface area contributed by atoms with Gasteiger partial charge in [0.2, 0.25) is 8.32 Å². The highest BCUT2D eigenvalue weighted by molar-refractivity contribution is 6.74. The van der Waals surface area contributed by atoms with Crippen LogP contribution in [0, 0.1) is 4.91 Å². The van der Waals surface area contributed by atoms with Crippen LogP contribution in [0.5, 0.6) is 5.75 Å². The van der Waals surface area contributed by atoms with E-state index in [-0.39, 0.29) is 11.1 Å². The maximum Gasteiger partial charge on any atom is 0.250 e. The van der Waals surface area contributed by atoms with Gasteiger partial charge in [-0.25, -0.2) is 0 Å². The standard InChI is InChI=1S/C20H27NO2Si/c1-20(2,3)24(4,5)23-18-13-11-17(12-14-18)19(21-22)15-16-9-7-6-8-10-16/h6-14,19H,15H2,1-5H3. The Balaban J connectivity index is 2.11. The van der Waals surface area contributed by atoms with Crippen molar-refractivity contribution in [1.82, 2.24) is 0 Å². The van der Waals surface area contributed by atoms with Crippen molar-refractivity contribution in [2.75, 3.05) is 0 Å². The predicted octanol–water partition coefficient (Wildman–Crippen LogP) is 6.12. The zero-order valence-electron chi connectivity index (χ0n) is 15.2. The first kappa shape index (κ1) is 18.4. The highest BCUT2D eigenvalue weighted by Crippen LogP contribution is 2.37. The van der Waals surface area contributed by atoms with Gasteiger partial charge in [-0.1, -0.05) is 68.4 Å². The molecule has 0 bridgehead atoms. The Morgan fingerprint density at radius 2 is 1.58 bits per heavy atom. The van der Waals surface area contributed by atoms with Crippen LogP contribution >= 0.6 is 0 Å². The summed E-state index contributed by atoms with van der Waals surface area (Å²) >= 11 is 0. The lowest BCUT2D eigenvalue weighted by Gasteiger charge is -2.36. The van der Waals surface area contributed by atoms with Crippen LogP contribution in [-0.4, -0.2) is 8.32 Å². The number of hydrogen-bond acceptors (Lipinski definition) is 3. The van der Waals surface area contributed by atoms with Crippen LogP contribution in [0.2, 0.25) is 18.1 Å². The van der Waals surface area contributed by atoms with Gasteiger partial charge in [0.05, 0.1) is 0 Å². The van der Waals surface area contributed by atoms with E-state index in [2.05, 4.69) is 39.0 Å². The summed E-state index contributed by atoms with van der Waals surface area (Å²) in [5.41, 5.74) is 2.04. The lowest BCUT2D eigenvalue weighted by molar-refractivity contribution is 0.492. The van der Waals surface area contributed by atoms with Gasteiger partial charge < -0.3 is 4.43 Å². The van der Waals surface area contributed by atoms with Crippen molar-refractivity contribution in [3.05, 3.63) is 70.6 Å². The predicted molar refractivity (Wildman–Crippen MR) is 103 cm³/mol. The van der Waals surface area contributed by atoms with Gasteiger partial charge in [-0.3, -0.25) is 0 Å². The topological polar surface area (TPSA) is 38.7 Å². The molecule has 0 aromatic heterocycles. The molecule has 1 unspecified atom stereocenters. The first-order valence-corrected chi connectivity index (χ1v) is 11.3. The quantitative estimate of drug-likeness (QED) is 0.469. The van der Waals surface area contributed by atoms with Crippen molar-refractivity contribution in [3.8, 4) is 5.75 Å². The minimum atomic E-state index is -1.84. The van der Waals surface area contributed by atoms with E-state index in [4.69, 9.17) is 4.43 Å². The maximum absolute atomic E-state index is 11.3. The molecule has 0 saturated heterocycles. The third-order valence-corrected chi connectivity index (χ3v) is 9.20. The van der Waals surface area contributed by atoms with E-state index in [9.17, 15) is 4.91 Å². The lowest BCUT2D eigenvalue weighted by atomic mass is 10.00. The number of hydrogen-bond donors (Lipinski definition) is 0. The molecule has 0 fully saturated rings. The molecule has 0 radical (unpaired) electrons. The van der Waals surface area contributed by atoms with Crippen molar-refractivity contribution >= 4 is 8.32 Å². The highest BCUT2D eigenvalue weighted by Gasteiger charge is 2.38. The Bertz CT molecular complexity index is 660. The normalized spacial score (nSPS) is 13.4. The van der Waals surface area contributed by atoms with Crippen LogP contribution in [0.3, 0.4) is 0 Å². The molecule has 0 amide bonds. The molecule has 2 aromatic carbocycles. The van der Waals surface area contributed by atoms with Crippen LogP contribution in [0.15, 0.2) is 59.8 Å². The molecule has 0 aliphatic rings. The first-order chi connectivity index (χ1) is 11.2. The van der Waals surface area contributed by atoms with Gasteiger partial charge >= 0.3 is 0 Å². The van der Waals surface area contributed by atoms with E-state index in [1.807, 2.05) is 54.6 Å². The number of rotatable bonds is 6. The van der Waals surface area contributed by atoms with Crippen molar-refractivity contribution in [3.63, 3.8) is 0 Å². The van der Waals surface area contributed by atoms with Gasteiger partial charge in [-0.2, -0.15) is 4.91 Å². The molecule has 0 aliphatic heterocycles. The van der Waals surface area contributed by atoms with Gasteiger partial charge in [-0.05, 0) is 41.4 Å². The molecular formula is C20H27NO2Si. The van der Waals surface area contributed by atoms with Crippen LogP contribution in [0.25, 0.3) is 0 Å². The molecule has 3 nitrogen and oxygen atoms in total. The largest absolute Gasteiger partial charge is 0.544 e. The van der Waals surface area contributed by atoms with Gasteiger partial charge in [-0.15, -0.1) is 0 Å². The second kappa shape index (κ2) is 7.30. The van der Waals surface area contributed by atoms with E-state index in [1.165, 1.54) is 0 Å². The van der Waals surface area contributed by atoms with Crippen molar-refractivity contribution in [1.29, 1.82) is 0 Å². The van der Waals surface area contributed by atoms with E-state index < -0.39 is 8.32 Å². The minimum Gasteiger partial charge on any atom is -0.544 e. The molecule has 0 aliphatic carbocycles. The molecule has 0 heterocycles. The van der Waals surface area contributed by atoms with Crippen LogP contribution in [0.4, 0.5) is 0 Å². The van der Waals surface area contributed by atoms with Crippen molar-refractivity contribution in [2.24, 2.45) is 5.18 Å². The Morgan fingerprint density at radius 3 is 2.08 bits per heavy atom. The van der Waals surface area contributed by atoms with E-state index >= 15 is 0 Å².